The Morgan fingerprint density at radius 1 is 1.04 bits per heavy atom. The molecule has 0 aliphatic heterocycles. The third kappa shape index (κ3) is 4.30. The monoisotopic (exact) mass is 348 g/mol. The van der Waals surface area contributed by atoms with Crippen LogP contribution in [0.2, 0.25) is 0 Å². The number of aryl methyl sites for hydroxylation is 2. The number of anilines is 3. The highest BCUT2D eigenvalue weighted by Crippen LogP contribution is 2.24. The summed E-state index contributed by atoms with van der Waals surface area (Å²) in [4.78, 5) is 8.93. The molecule has 2 N–H and O–H groups in total. The zero-order valence-electron chi connectivity index (χ0n) is 15.4. The summed E-state index contributed by atoms with van der Waals surface area (Å²) in [7, 11) is 1.67. The molecule has 0 aliphatic carbocycles. The Morgan fingerprint density at radius 2 is 1.85 bits per heavy atom. The lowest BCUT2D eigenvalue weighted by Gasteiger charge is -2.13. The summed E-state index contributed by atoms with van der Waals surface area (Å²) in [5, 5.41) is 6.70. The number of hydrogen-bond donors (Lipinski definition) is 2. The second-order valence-corrected chi connectivity index (χ2v) is 6.05. The van der Waals surface area contributed by atoms with Crippen molar-refractivity contribution in [2.75, 3.05) is 17.7 Å². The van der Waals surface area contributed by atoms with Gasteiger partial charge in [0.15, 0.2) is 0 Å². The molecule has 1 heterocycles. The standard InChI is InChI=1S/C21H24N4O/c1-4-17-7-5-6-15(2)20(17)25-21-22-13-12-19(24-21)23-14-16-8-10-18(26-3)11-9-16/h5-13H,4,14H2,1-3H3,(H2,22,23,24,25). The molecule has 26 heavy (non-hydrogen) atoms. The lowest BCUT2D eigenvalue weighted by molar-refractivity contribution is 0.414. The van der Waals surface area contributed by atoms with Crippen LogP contribution in [0.25, 0.3) is 0 Å². The Labute approximate surface area is 154 Å². The van der Waals surface area contributed by atoms with Crippen LogP contribution >= 0.6 is 0 Å². The second-order valence-electron chi connectivity index (χ2n) is 6.05. The zero-order chi connectivity index (χ0) is 18.4. The summed E-state index contributed by atoms with van der Waals surface area (Å²) in [6.07, 6.45) is 2.72. The normalized spacial score (nSPS) is 10.4. The number of nitrogens with zero attached hydrogens (tertiary/aromatic N) is 2. The third-order valence-electron chi connectivity index (χ3n) is 4.27. The number of benzene rings is 2. The first-order valence-electron chi connectivity index (χ1n) is 8.75. The highest BCUT2D eigenvalue weighted by atomic mass is 16.5. The average Bonchev–Trinajstić information content (AvgIpc) is 2.68. The highest BCUT2D eigenvalue weighted by molar-refractivity contribution is 5.63. The van der Waals surface area contributed by atoms with E-state index >= 15 is 0 Å². The van der Waals surface area contributed by atoms with Crippen molar-refractivity contribution < 1.29 is 4.74 Å². The van der Waals surface area contributed by atoms with Crippen LogP contribution in [0, 0.1) is 6.92 Å². The number of aromatic nitrogens is 2. The molecule has 5 nitrogen and oxygen atoms in total. The van der Waals surface area contributed by atoms with Crippen LogP contribution in [0.4, 0.5) is 17.5 Å². The maximum absolute atomic E-state index is 5.18. The SMILES string of the molecule is CCc1cccc(C)c1Nc1nccc(NCc2ccc(OC)cc2)n1. The van der Waals surface area contributed by atoms with E-state index in [-0.39, 0.29) is 0 Å². The fraction of sp³-hybridized carbons (Fsp3) is 0.238. The molecule has 3 rings (SSSR count). The number of hydrogen-bond acceptors (Lipinski definition) is 5. The summed E-state index contributed by atoms with van der Waals surface area (Å²) in [6.45, 7) is 4.92. The van der Waals surface area contributed by atoms with Crippen molar-refractivity contribution in [2.24, 2.45) is 0 Å². The Kier molecular flexibility index (Phi) is 5.69. The van der Waals surface area contributed by atoms with Gasteiger partial charge in [0.25, 0.3) is 0 Å². The molecule has 5 heteroatoms. The van der Waals surface area contributed by atoms with Gasteiger partial charge in [-0.05, 0) is 48.2 Å². The van der Waals surface area contributed by atoms with Crippen molar-refractivity contribution in [1.29, 1.82) is 0 Å². The van der Waals surface area contributed by atoms with Crippen LogP contribution in [-0.4, -0.2) is 17.1 Å². The molecule has 0 saturated carbocycles. The molecule has 0 unspecified atom stereocenters. The van der Waals surface area contributed by atoms with Gasteiger partial charge in [0.2, 0.25) is 5.95 Å². The zero-order valence-corrected chi connectivity index (χ0v) is 15.4. The van der Waals surface area contributed by atoms with Gasteiger partial charge in [-0.2, -0.15) is 4.98 Å². The lowest BCUT2D eigenvalue weighted by atomic mass is 10.1. The third-order valence-corrected chi connectivity index (χ3v) is 4.27. The molecule has 0 spiro atoms. The number of ether oxygens (including phenoxy) is 1. The van der Waals surface area contributed by atoms with Crippen molar-refractivity contribution >= 4 is 17.5 Å². The minimum absolute atomic E-state index is 0.591. The summed E-state index contributed by atoms with van der Waals surface area (Å²) >= 11 is 0. The van der Waals surface area contributed by atoms with Crippen LogP contribution in [0.5, 0.6) is 5.75 Å². The van der Waals surface area contributed by atoms with E-state index in [2.05, 4.69) is 52.6 Å². The van der Waals surface area contributed by atoms with Gasteiger partial charge < -0.3 is 15.4 Å². The Morgan fingerprint density at radius 3 is 2.58 bits per heavy atom. The van der Waals surface area contributed by atoms with Crippen molar-refractivity contribution in [2.45, 2.75) is 26.8 Å². The minimum Gasteiger partial charge on any atom is -0.497 e. The highest BCUT2D eigenvalue weighted by Gasteiger charge is 2.07. The Hall–Kier alpha value is -3.08. The van der Waals surface area contributed by atoms with Crippen LogP contribution < -0.4 is 15.4 Å². The van der Waals surface area contributed by atoms with E-state index in [9.17, 15) is 0 Å². The predicted molar refractivity (Wildman–Crippen MR) is 106 cm³/mol. The molecule has 134 valence electrons. The molecule has 0 saturated heterocycles. The Balaban J connectivity index is 1.70. The summed E-state index contributed by atoms with van der Waals surface area (Å²) in [5.74, 6) is 2.23. The molecule has 0 bridgehead atoms. The van der Waals surface area contributed by atoms with Gasteiger partial charge >= 0.3 is 0 Å². The van der Waals surface area contributed by atoms with E-state index in [1.54, 1.807) is 13.3 Å². The van der Waals surface area contributed by atoms with Crippen molar-refractivity contribution in [3.8, 4) is 5.75 Å². The fourth-order valence-electron chi connectivity index (χ4n) is 2.77. The van der Waals surface area contributed by atoms with Crippen molar-refractivity contribution in [3.05, 3.63) is 71.4 Å². The minimum atomic E-state index is 0.591. The van der Waals surface area contributed by atoms with Crippen LogP contribution in [0.1, 0.15) is 23.6 Å². The molecule has 2 aromatic carbocycles. The molecule has 1 aromatic heterocycles. The average molecular weight is 348 g/mol. The number of methoxy groups -OCH3 is 1. The van der Waals surface area contributed by atoms with E-state index in [0.717, 1.165) is 29.2 Å². The molecule has 0 fully saturated rings. The van der Waals surface area contributed by atoms with Gasteiger partial charge in [0.1, 0.15) is 11.6 Å². The van der Waals surface area contributed by atoms with Gasteiger partial charge in [-0.3, -0.25) is 0 Å². The number of nitrogens with one attached hydrogen (secondary N) is 2. The van der Waals surface area contributed by atoms with Crippen molar-refractivity contribution in [1.82, 2.24) is 9.97 Å². The molecule has 0 radical (unpaired) electrons. The molecular formula is C21H24N4O. The maximum atomic E-state index is 5.18. The second kappa shape index (κ2) is 8.34. The van der Waals surface area contributed by atoms with Crippen LogP contribution in [-0.2, 0) is 13.0 Å². The smallest absolute Gasteiger partial charge is 0.229 e. The van der Waals surface area contributed by atoms with Gasteiger partial charge in [-0.1, -0.05) is 37.3 Å². The van der Waals surface area contributed by atoms with E-state index in [1.807, 2.05) is 30.3 Å². The van der Waals surface area contributed by atoms with Gasteiger partial charge in [0, 0.05) is 18.4 Å². The molecule has 0 atom stereocenters. The van der Waals surface area contributed by atoms with Crippen LogP contribution in [0.15, 0.2) is 54.7 Å². The van der Waals surface area contributed by atoms with Gasteiger partial charge in [-0.15, -0.1) is 0 Å². The molecular weight excluding hydrogens is 324 g/mol. The van der Waals surface area contributed by atoms with Gasteiger partial charge in [-0.25, -0.2) is 4.98 Å². The maximum Gasteiger partial charge on any atom is 0.229 e. The largest absolute Gasteiger partial charge is 0.497 e. The number of para-hydroxylation sites is 1. The first kappa shape index (κ1) is 17.7. The summed E-state index contributed by atoms with van der Waals surface area (Å²) < 4.78 is 5.18. The predicted octanol–water partition coefficient (Wildman–Crippen LogP) is 4.71. The van der Waals surface area contributed by atoms with E-state index < -0.39 is 0 Å². The van der Waals surface area contributed by atoms with E-state index in [1.165, 1.54) is 11.1 Å². The molecule has 0 aliphatic rings. The first-order chi connectivity index (χ1) is 12.7. The van der Waals surface area contributed by atoms with Crippen molar-refractivity contribution in [3.63, 3.8) is 0 Å². The fourth-order valence-corrected chi connectivity index (χ4v) is 2.77. The number of rotatable bonds is 7. The topological polar surface area (TPSA) is 59.1 Å². The first-order valence-corrected chi connectivity index (χ1v) is 8.75. The summed E-state index contributed by atoms with van der Waals surface area (Å²) in [6, 6.07) is 16.1. The van der Waals surface area contributed by atoms with E-state index in [0.29, 0.717) is 12.5 Å². The summed E-state index contributed by atoms with van der Waals surface area (Å²) in [5.41, 5.74) is 4.68. The van der Waals surface area contributed by atoms with Crippen LogP contribution in [0.3, 0.4) is 0 Å². The van der Waals surface area contributed by atoms with E-state index in [4.69, 9.17) is 4.74 Å². The quantitative estimate of drug-likeness (QED) is 0.647. The molecule has 0 amide bonds. The molecule has 3 aromatic rings. The Bertz CT molecular complexity index is 862. The lowest BCUT2D eigenvalue weighted by Crippen LogP contribution is -2.05. The van der Waals surface area contributed by atoms with Gasteiger partial charge in [0.05, 0.1) is 7.11 Å².